The smallest absolute Gasteiger partial charge is 0.257 e. The molecule has 8 heteroatoms. The van der Waals surface area contributed by atoms with Crippen LogP contribution in [0.3, 0.4) is 0 Å². The minimum atomic E-state index is -0.765. The van der Waals surface area contributed by atoms with Crippen molar-refractivity contribution in [3.05, 3.63) is 70.9 Å². The molecule has 0 unspecified atom stereocenters. The lowest BCUT2D eigenvalue weighted by Crippen LogP contribution is -2.15. The Kier molecular flexibility index (Phi) is 4.60. The molecule has 0 fully saturated rings. The van der Waals surface area contributed by atoms with Gasteiger partial charge < -0.3 is 15.4 Å². The first kappa shape index (κ1) is 17.8. The van der Waals surface area contributed by atoms with Crippen LogP contribution in [0.1, 0.15) is 21.6 Å². The molecule has 0 aliphatic carbocycles. The molecular weight excluding hydrogens is 366 g/mol. The molecule has 28 heavy (non-hydrogen) atoms. The van der Waals surface area contributed by atoms with E-state index in [4.69, 9.17) is 4.74 Å². The van der Waals surface area contributed by atoms with Crippen molar-refractivity contribution < 1.29 is 18.3 Å². The van der Waals surface area contributed by atoms with Crippen LogP contribution in [0.5, 0.6) is 5.75 Å². The number of carbonyl (C=O) groups excluding carboxylic acids is 1. The zero-order valence-corrected chi connectivity index (χ0v) is 14.9. The molecule has 142 valence electrons. The Morgan fingerprint density at radius 2 is 1.79 bits per heavy atom. The molecule has 0 radical (unpaired) electrons. The number of halogens is 2. The summed E-state index contributed by atoms with van der Waals surface area (Å²) in [7, 11) is 1.58. The second-order valence-corrected chi connectivity index (χ2v) is 6.20. The Balaban J connectivity index is 1.71. The number of aromatic nitrogens is 2. The quantitative estimate of drug-likeness (QED) is 0.708. The van der Waals surface area contributed by atoms with Gasteiger partial charge in [-0.25, -0.2) is 18.7 Å². The van der Waals surface area contributed by atoms with Gasteiger partial charge in [-0.05, 0) is 29.8 Å². The van der Waals surface area contributed by atoms with Crippen LogP contribution in [-0.4, -0.2) is 23.0 Å². The molecule has 0 spiro atoms. The summed E-state index contributed by atoms with van der Waals surface area (Å²) in [4.78, 5) is 20.6. The Hall–Kier alpha value is -3.55. The molecular formula is C20H16F2N4O2. The summed E-state index contributed by atoms with van der Waals surface area (Å²) in [5.41, 5.74) is 1.28. The molecule has 0 saturated heterocycles. The van der Waals surface area contributed by atoms with Crippen LogP contribution in [0.2, 0.25) is 0 Å². The maximum Gasteiger partial charge on any atom is 0.257 e. The number of anilines is 1. The average molecular weight is 382 g/mol. The SMILES string of the molecule is COc1ccc(CNc2nc(-c3c(F)cccc3F)nc3c2C(=O)NC3)cc1. The molecule has 0 atom stereocenters. The van der Waals surface area contributed by atoms with E-state index in [0.29, 0.717) is 12.2 Å². The lowest BCUT2D eigenvalue weighted by molar-refractivity contribution is 0.0966. The molecule has 6 nitrogen and oxygen atoms in total. The lowest BCUT2D eigenvalue weighted by atomic mass is 10.1. The minimum absolute atomic E-state index is 0.108. The van der Waals surface area contributed by atoms with Gasteiger partial charge in [0.2, 0.25) is 0 Å². The summed E-state index contributed by atoms with van der Waals surface area (Å²) >= 11 is 0. The van der Waals surface area contributed by atoms with E-state index in [2.05, 4.69) is 20.6 Å². The summed E-state index contributed by atoms with van der Waals surface area (Å²) in [6, 6.07) is 10.9. The molecule has 0 saturated carbocycles. The van der Waals surface area contributed by atoms with Gasteiger partial charge in [0.25, 0.3) is 5.91 Å². The normalized spacial score (nSPS) is 12.5. The van der Waals surface area contributed by atoms with Crippen LogP contribution >= 0.6 is 0 Å². The van der Waals surface area contributed by atoms with Crippen molar-refractivity contribution in [3.63, 3.8) is 0 Å². The molecule has 2 N–H and O–H groups in total. The second-order valence-electron chi connectivity index (χ2n) is 6.20. The number of hydrogen-bond acceptors (Lipinski definition) is 5. The molecule has 1 aliphatic rings. The number of carbonyl (C=O) groups is 1. The highest BCUT2D eigenvalue weighted by molar-refractivity contribution is 6.02. The number of nitrogens with zero attached hydrogens (tertiary/aromatic N) is 2. The highest BCUT2D eigenvalue weighted by atomic mass is 19.1. The Morgan fingerprint density at radius 1 is 1.07 bits per heavy atom. The fraction of sp³-hybridized carbons (Fsp3) is 0.150. The van der Waals surface area contributed by atoms with E-state index >= 15 is 0 Å². The monoisotopic (exact) mass is 382 g/mol. The van der Waals surface area contributed by atoms with Crippen molar-refractivity contribution in [2.45, 2.75) is 13.1 Å². The zero-order valence-electron chi connectivity index (χ0n) is 14.9. The largest absolute Gasteiger partial charge is 0.497 e. The van der Waals surface area contributed by atoms with Gasteiger partial charge in [-0.3, -0.25) is 4.79 Å². The first-order chi connectivity index (χ1) is 13.6. The predicted octanol–water partition coefficient (Wildman–Crippen LogP) is 3.29. The molecule has 3 aromatic rings. The molecule has 1 amide bonds. The highest BCUT2D eigenvalue weighted by Crippen LogP contribution is 2.29. The third-order valence-corrected chi connectivity index (χ3v) is 4.43. The number of methoxy groups -OCH3 is 1. The van der Waals surface area contributed by atoms with E-state index in [-0.39, 0.29) is 35.2 Å². The maximum atomic E-state index is 14.2. The number of benzene rings is 2. The summed E-state index contributed by atoms with van der Waals surface area (Å²) in [5, 5.41) is 5.74. The van der Waals surface area contributed by atoms with Crippen LogP contribution in [0.25, 0.3) is 11.4 Å². The molecule has 1 aromatic heterocycles. The summed E-state index contributed by atoms with van der Waals surface area (Å²) in [5.74, 6) is -1.01. The van der Waals surface area contributed by atoms with Crippen LogP contribution < -0.4 is 15.4 Å². The van der Waals surface area contributed by atoms with Crippen LogP contribution in [0.4, 0.5) is 14.6 Å². The van der Waals surface area contributed by atoms with E-state index in [9.17, 15) is 13.6 Å². The third-order valence-electron chi connectivity index (χ3n) is 4.43. The molecule has 1 aliphatic heterocycles. The first-order valence-corrected chi connectivity index (χ1v) is 8.57. The Morgan fingerprint density at radius 3 is 2.46 bits per heavy atom. The molecule has 4 rings (SSSR count). The highest BCUT2D eigenvalue weighted by Gasteiger charge is 2.28. The van der Waals surface area contributed by atoms with Crippen molar-refractivity contribution in [2.24, 2.45) is 0 Å². The van der Waals surface area contributed by atoms with Gasteiger partial charge in [-0.15, -0.1) is 0 Å². The average Bonchev–Trinajstić information content (AvgIpc) is 3.07. The second kappa shape index (κ2) is 7.22. The Labute approximate surface area is 159 Å². The standard InChI is InChI=1S/C20H16F2N4O2/c1-28-12-7-5-11(6-8-12)9-23-18-17-15(10-24-20(17)27)25-19(26-18)16-13(21)3-2-4-14(16)22/h2-8H,9-10H2,1H3,(H,24,27)(H,23,25,26). The number of rotatable bonds is 5. The molecule has 0 bridgehead atoms. The van der Waals surface area contributed by atoms with Crippen molar-refractivity contribution in [1.29, 1.82) is 0 Å². The van der Waals surface area contributed by atoms with Crippen molar-refractivity contribution >= 4 is 11.7 Å². The third kappa shape index (κ3) is 3.24. The predicted molar refractivity (Wildman–Crippen MR) is 98.9 cm³/mol. The number of fused-ring (bicyclic) bond motifs is 1. The van der Waals surface area contributed by atoms with Gasteiger partial charge in [0.15, 0.2) is 5.82 Å². The van der Waals surface area contributed by atoms with Gasteiger partial charge >= 0.3 is 0 Å². The minimum Gasteiger partial charge on any atom is -0.497 e. The van der Waals surface area contributed by atoms with Gasteiger partial charge in [-0.1, -0.05) is 18.2 Å². The number of nitrogens with one attached hydrogen (secondary N) is 2. The van der Waals surface area contributed by atoms with E-state index < -0.39 is 11.6 Å². The van der Waals surface area contributed by atoms with Crippen molar-refractivity contribution in [3.8, 4) is 17.1 Å². The fourth-order valence-corrected chi connectivity index (χ4v) is 3.01. The van der Waals surface area contributed by atoms with Crippen molar-refractivity contribution in [2.75, 3.05) is 12.4 Å². The van der Waals surface area contributed by atoms with Crippen LogP contribution in [-0.2, 0) is 13.1 Å². The topological polar surface area (TPSA) is 76.1 Å². The summed E-state index contributed by atoms with van der Waals surface area (Å²) < 4.78 is 33.5. The van der Waals surface area contributed by atoms with Crippen LogP contribution in [0.15, 0.2) is 42.5 Å². The van der Waals surface area contributed by atoms with E-state index in [0.717, 1.165) is 23.4 Å². The van der Waals surface area contributed by atoms with Crippen LogP contribution in [0, 0.1) is 11.6 Å². The number of hydrogen-bond donors (Lipinski definition) is 2. The Bertz CT molecular complexity index is 1030. The summed E-state index contributed by atoms with van der Waals surface area (Å²) in [6.45, 7) is 0.539. The lowest BCUT2D eigenvalue weighted by Gasteiger charge is -2.12. The van der Waals surface area contributed by atoms with Crippen molar-refractivity contribution in [1.82, 2.24) is 15.3 Å². The number of ether oxygens (including phenoxy) is 1. The molecule has 2 aromatic carbocycles. The molecule has 2 heterocycles. The number of amides is 1. The fourth-order valence-electron chi connectivity index (χ4n) is 3.01. The van der Waals surface area contributed by atoms with Gasteiger partial charge in [0.05, 0.1) is 24.9 Å². The first-order valence-electron chi connectivity index (χ1n) is 8.57. The zero-order chi connectivity index (χ0) is 19.7. The maximum absolute atomic E-state index is 14.2. The van der Waals surface area contributed by atoms with Gasteiger partial charge in [0, 0.05) is 6.54 Å². The van der Waals surface area contributed by atoms with E-state index in [1.807, 2.05) is 24.3 Å². The van der Waals surface area contributed by atoms with E-state index in [1.54, 1.807) is 7.11 Å². The summed E-state index contributed by atoms with van der Waals surface area (Å²) in [6.07, 6.45) is 0. The van der Waals surface area contributed by atoms with Gasteiger partial charge in [-0.2, -0.15) is 0 Å². The van der Waals surface area contributed by atoms with E-state index in [1.165, 1.54) is 6.07 Å². The van der Waals surface area contributed by atoms with Gasteiger partial charge in [0.1, 0.15) is 28.8 Å².